The monoisotopic (exact) mass is 310 g/mol. The van der Waals surface area contributed by atoms with Crippen LogP contribution in [0.15, 0.2) is 0 Å². The molecule has 3 nitrogen and oxygen atoms in total. The molecule has 2 rings (SSSR count). The van der Waals surface area contributed by atoms with Crippen molar-refractivity contribution in [1.29, 1.82) is 0 Å². The second kappa shape index (κ2) is 7.19. The quantitative estimate of drug-likeness (QED) is 0.735. The lowest BCUT2D eigenvalue weighted by Crippen LogP contribution is -2.60. The molecule has 0 spiro atoms. The second-order valence-corrected chi connectivity index (χ2v) is 9.30. The highest BCUT2D eigenvalue weighted by Crippen LogP contribution is 2.30. The van der Waals surface area contributed by atoms with Gasteiger partial charge in [-0.05, 0) is 79.7 Å². The molecule has 0 aliphatic carbocycles. The molecule has 130 valence electrons. The summed E-state index contributed by atoms with van der Waals surface area (Å²) in [7, 11) is 0. The summed E-state index contributed by atoms with van der Waals surface area (Å²) in [6.45, 7) is 19.5. The Bertz CT molecular complexity index is 342. The highest BCUT2D eigenvalue weighted by Gasteiger charge is 2.35. The molecule has 2 aliphatic heterocycles. The molecule has 2 saturated heterocycles. The number of piperazine rings is 1. The van der Waals surface area contributed by atoms with Gasteiger partial charge in [0.15, 0.2) is 0 Å². The Labute approximate surface area is 138 Å². The van der Waals surface area contributed by atoms with Crippen molar-refractivity contribution in [2.75, 3.05) is 32.8 Å². The summed E-state index contributed by atoms with van der Waals surface area (Å²) in [5.41, 5.74) is 0.333. The summed E-state index contributed by atoms with van der Waals surface area (Å²) in [5, 5.41) is 0. The van der Waals surface area contributed by atoms with Gasteiger partial charge < -0.3 is 4.74 Å². The van der Waals surface area contributed by atoms with Gasteiger partial charge in [0.25, 0.3) is 0 Å². The van der Waals surface area contributed by atoms with Crippen molar-refractivity contribution in [3.05, 3.63) is 0 Å². The number of fused-ring (bicyclic) bond motifs is 1. The van der Waals surface area contributed by atoms with Gasteiger partial charge in [-0.25, -0.2) is 0 Å². The third-order valence-electron chi connectivity index (χ3n) is 5.28. The largest absolute Gasteiger partial charge is 0.376 e. The number of piperidine rings is 1. The lowest BCUT2D eigenvalue weighted by atomic mass is 9.85. The SMILES string of the molecule is CC(C)(C)OCCCC1CCN2CCN(C(C)(C)C)CC2C1. The first-order valence-electron chi connectivity index (χ1n) is 9.28. The van der Waals surface area contributed by atoms with E-state index >= 15 is 0 Å². The van der Waals surface area contributed by atoms with Gasteiger partial charge in [0.05, 0.1) is 5.60 Å². The molecule has 2 atom stereocenters. The fourth-order valence-corrected chi connectivity index (χ4v) is 3.88. The number of hydrogen-bond donors (Lipinski definition) is 0. The third kappa shape index (κ3) is 5.50. The predicted molar refractivity (Wildman–Crippen MR) is 94.4 cm³/mol. The summed E-state index contributed by atoms with van der Waals surface area (Å²) in [6.07, 6.45) is 5.34. The Morgan fingerprint density at radius 3 is 2.36 bits per heavy atom. The van der Waals surface area contributed by atoms with Crippen molar-refractivity contribution in [3.63, 3.8) is 0 Å². The molecule has 0 radical (unpaired) electrons. The van der Waals surface area contributed by atoms with Crippen molar-refractivity contribution in [1.82, 2.24) is 9.80 Å². The average Bonchev–Trinajstić information content (AvgIpc) is 2.41. The summed E-state index contributed by atoms with van der Waals surface area (Å²) in [5.74, 6) is 0.907. The van der Waals surface area contributed by atoms with Gasteiger partial charge in [0.2, 0.25) is 0 Å². The summed E-state index contributed by atoms with van der Waals surface area (Å²) in [6, 6.07) is 0.787. The molecular weight excluding hydrogens is 272 g/mol. The number of nitrogens with zero attached hydrogens (tertiary/aromatic N) is 2. The topological polar surface area (TPSA) is 15.7 Å². The van der Waals surface area contributed by atoms with Crippen molar-refractivity contribution >= 4 is 0 Å². The average molecular weight is 311 g/mol. The Balaban J connectivity index is 1.74. The summed E-state index contributed by atoms with van der Waals surface area (Å²) in [4.78, 5) is 5.42. The van der Waals surface area contributed by atoms with Crippen LogP contribution in [0.25, 0.3) is 0 Å². The smallest absolute Gasteiger partial charge is 0.0598 e. The van der Waals surface area contributed by atoms with E-state index in [1.54, 1.807) is 0 Å². The highest BCUT2D eigenvalue weighted by atomic mass is 16.5. The van der Waals surface area contributed by atoms with E-state index in [9.17, 15) is 0 Å². The van der Waals surface area contributed by atoms with Gasteiger partial charge in [-0.1, -0.05) is 0 Å². The van der Waals surface area contributed by atoms with E-state index in [0.29, 0.717) is 5.54 Å². The lowest BCUT2D eigenvalue weighted by molar-refractivity contribution is -0.0181. The van der Waals surface area contributed by atoms with Crippen LogP contribution in [-0.4, -0.2) is 59.8 Å². The maximum Gasteiger partial charge on any atom is 0.0598 e. The van der Waals surface area contributed by atoms with E-state index in [2.05, 4.69) is 51.3 Å². The zero-order valence-electron chi connectivity index (χ0n) is 15.8. The molecule has 22 heavy (non-hydrogen) atoms. The van der Waals surface area contributed by atoms with E-state index < -0.39 is 0 Å². The molecular formula is C19H38N2O. The first kappa shape index (κ1) is 18.2. The summed E-state index contributed by atoms with van der Waals surface area (Å²) >= 11 is 0. The molecule has 2 aliphatic rings. The fraction of sp³-hybridized carbons (Fsp3) is 1.00. The maximum atomic E-state index is 5.87. The van der Waals surface area contributed by atoms with Crippen molar-refractivity contribution in [3.8, 4) is 0 Å². The Morgan fingerprint density at radius 2 is 1.73 bits per heavy atom. The number of rotatable bonds is 4. The minimum absolute atomic E-state index is 0.0138. The number of ether oxygens (including phenoxy) is 1. The van der Waals surface area contributed by atoms with E-state index in [4.69, 9.17) is 4.74 Å². The molecule has 0 amide bonds. The van der Waals surface area contributed by atoms with Gasteiger partial charge in [0.1, 0.15) is 0 Å². The van der Waals surface area contributed by atoms with Gasteiger partial charge in [-0.2, -0.15) is 0 Å². The van der Waals surface area contributed by atoms with Crippen LogP contribution in [0.5, 0.6) is 0 Å². The zero-order valence-corrected chi connectivity index (χ0v) is 15.8. The molecule has 3 heteroatoms. The Kier molecular flexibility index (Phi) is 5.95. The summed E-state index contributed by atoms with van der Waals surface area (Å²) < 4.78 is 5.87. The molecule has 2 heterocycles. The second-order valence-electron chi connectivity index (χ2n) is 9.30. The fourth-order valence-electron chi connectivity index (χ4n) is 3.88. The Morgan fingerprint density at radius 1 is 1.00 bits per heavy atom. The molecule has 0 saturated carbocycles. The lowest BCUT2D eigenvalue weighted by Gasteiger charge is -2.50. The van der Waals surface area contributed by atoms with Crippen LogP contribution >= 0.6 is 0 Å². The highest BCUT2D eigenvalue weighted by molar-refractivity contribution is 4.91. The first-order chi connectivity index (χ1) is 10.1. The maximum absolute atomic E-state index is 5.87. The van der Waals surface area contributed by atoms with E-state index in [-0.39, 0.29) is 5.60 Å². The van der Waals surface area contributed by atoms with E-state index in [1.165, 1.54) is 51.9 Å². The Hall–Kier alpha value is -0.120. The van der Waals surface area contributed by atoms with Crippen molar-refractivity contribution in [2.45, 2.75) is 84.4 Å². The van der Waals surface area contributed by atoms with Crippen molar-refractivity contribution < 1.29 is 4.74 Å². The minimum atomic E-state index is 0.0138. The van der Waals surface area contributed by atoms with Crippen LogP contribution in [0, 0.1) is 5.92 Å². The van der Waals surface area contributed by atoms with E-state index in [0.717, 1.165) is 18.6 Å². The normalized spacial score (nSPS) is 28.6. The zero-order chi connectivity index (χ0) is 16.4. The van der Waals surface area contributed by atoms with Crippen LogP contribution in [0.4, 0.5) is 0 Å². The molecule has 0 aromatic rings. The van der Waals surface area contributed by atoms with Gasteiger partial charge >= 0.3 is 0 Å². The molecule has 0 bridgehead atoms. The van der Waals surface area contributed by atoms with Gasteiger partial charge in [-0.3, -0.25) is 9.80 Å². The van der Waals surface area contributed by atoms with Crippen LogP contribution in [-0.2, 0) is 4.74 Å². The van der Waals surface area contributed by atoms with Crippen LogP contribution < -0.4 is 0 Å². The van der Waals surface area contributed by atoms with Crippen LogP contribution in [0.2, 0.25) is 0 Å². The number of hydrogen-bond acceptors (Lipinski definition) is 3. The molecule has 2 fully saturated rings. The molecule has 0 aromatic heterocycles. The van der Waals surface area contributed by atoms with Crippen LogP contribution in [0.1, 0.15) is 67.2 Å². The molecule has 0 N–H and O–H groups in total. The van der Waals surface area contributed by atoms with E-state index in [1.807, 2.05) is 0 Å². The van der Waals surface area contributed by atoms with Crippen LogP contribution in [0.3, 0.4) is 0 Å². The van der Waals surface area contributed by atoms with Gasteiger partial charge in [0, 0.05) is 37.8 Å². The predicted octanol–water partition coefficient (Wildman–Crippen LogP) is 3.78. The van der Waals surface area contributed by atoms with Gasteiger partial charge in [-0.15, -0.1) is 0 Å². The van der Waals surface area contributed by atoms with Crippen molar-refractivity contribution in [2.24, 2.45) is 5.92 Å². The first-order valence-corrected chi connectivity index (χ1v) is 9.28. The molecule has 0 aromatic carbocycles. The minimum Gasteiger partial charge on any atom is -0.376 e. The standard InChI is InChI=1S/C19H38N2O/c1-18(2,3)21-12-11-20-10-9-16(14-17(20)15-21)8-7-13-22-19(4,5)6/h16-17H,7-15H2,1-6H3. The third-order valence-corrected chi connectivity index (χ3v) is 5.28. The molecule has 2 unspecified atom stereocenters.